The Hall–Kier alpha value is -4.58. The SMILES string of the molecule is CNC(=O)[C@H]1CCCC[C@H]1C(=O)N1CCc2cccc(O[C@H]3CCN(C(=O)c4sc(C)nc4C)C3)c2[C@H]1CN1C(=O)c2ccccc2C1=O. The van der Waals surface area contributed by atoms with Crippen LogP contribution in [0.5, 0.6) is 5.75 Å². The molecule has 1 saturated carbocycles. The third kappa shape index (κ3) is 6.00. The number of nitrogens with one attached hydrogen (secondary N) is 1. The van der Waals surface area contributed by atoms with Gasteiger partial charge in [0.25, 0.3) is 17.7 Å². The average Bonchev–Trinajstić information content (AvgIpc) is 3.79. The van der Waals surface area contributed by atoms with E-state index in [2.05, 4.69) is 10.3 Å². The molecule has 3 aliphatic heterocycles. The zero-order chi connectivity index (χ0) is 34.4. The molecule has 49 heavy (non-hydrogen) atoms. The molecule has 0 spiro atoms. The van der Waals surface area contributed by atoms with Gasteiger partial charge in [-0.05, 0) is 56.9 Å². The van der Waals surface area contributed by atoms with Crippen molar-refractivity contribution in [2.24, 2.45) is 11.8 Å². The molecule has 1 aromatic heterocycles. The van der Waals surface area contributed by atoms with Gasteiger partial charge in [-0.15, -0.1) is 11.3 Å². The molecule has 12 heteroatoms. The number of thiazole rings is 1. The van der Waals surface area contributed by atoms with E-state index < -0.39 is 29.7 Å². The number of carbonyl (C=O) groups is 5. The maximum Gasteiger partial charge on any atom is 0.265 e. The second-order valence-electron chi connectivity index (χ2n) is 13.4. The van der Waals surface area contributed by atoms with Crippen molar-refractivity contribution in [1.29, 1.82) is 0 Å². The van der Waals surface area contributed by atoms with Crippen molar-refractivity contribution in [3.05, 3.63) is 80.3 Å². The highest BCUT2D eigenvalue weighted by Crippen LogP contribution is 2.42. The fourth-order valence-electron chi connectivity index (χ4n) is 8.07. The van der Waals surface area contributed by atoms with Gasteiger partial charge in [0.15, 0.2) is 0 Å². The molecule has 1 aliphatic carbocycles. The molecule has 3 aromatic rings. The number of benzene rings is 2. The quantitative estimate of drug-likeness (QED) is 0.367. The molecule has 4 heterocycles. The zero-order valence-electron chi connectivity index (χ0n) is 28.1. The number of hydrogen-bond donors (Lipinski definition) is 1. The van der Waals surface area contributed by atoms with Gasteiger partial charge in [0.05, 0.1) is 41.0 Å². The van der Waals surface area contributed by atoms with E-state index in [0.717, 1.165) is 34.7 Å². The zero-order valence-corrected chi connectivity index (χ0v) is 28.9. The molecule has 4 atom stereocenters. The van der Waals surface area contributed by atoms with E-state index in [1.807, 2.05) is 32.0 Å². The van der Waals surface area contributed by atoms with Crippen LogP contribution in [0.15, 0.2) is 42.5 Å². The van der Waals surface area contributed by atoms with Gasteiger partial charge >= 0.3 is 0 Å². The van der Waals surface area contributed by atoms with Gasteiger partial charge < -0.3 is 19.9 Å². The predicted molar refractivity (Wildman–Crippen MR) is 182 cm³/mol. The summed E-state index contributed by atoms with van der Waals surface area (Å²) in [6.07, 6.45) is 3.87. The number of carbonyl (C=O) groups excluding carboxylic acids is 5. The Morgan fingerprint density at radius 1 is 0.939 bits per heavy atom. The van der Waals surface area contributed by atoms with Crippen molar-refractivity contribution in [2.45, 2.75) is 64.5 Å². The van der Waals surface area contributed by atoms with Crippen LogP contribution in [0.25, 0.3) is 0 Å². The maximum atomic E-state index is 14.6. The normalized spacial score (nSPS) is 23.4. The largest absolute Gasteiger partial charge is 0.488 e. The lowest BCUT2D eigenvalue weighted by Gasteiger charge is -2.43. The Morgan fingerprint density at radius 2 is 1.65 bits per heavy atom. The standard InChI is InChI=1S/C37H41N5O6S/c1-21-32(49-22(2)39-21)37(47)40-17-16-24(19-40)48-30-14-8-9-23-15-18-41(34(44)26-11-5-4-10-25(26)33(43)38-3)29(31(23)30)20-42-35(45)27-12-6-7-13-28(27)36(42)46/h6-9,12-14,24-26,29H,4-5,10-11,15-20H2,1-3H3,(H,38,43)/t24-,25-,26+,29+/m0/s1. The predicted octanol–water partition coefficient (Wildman–Crippen LogP) is 4.33. The van der Waals surface area contributed by atoms with Gasteiger partial charge in [0, 0.05) is 44.0 Å². The first-order valence-electron chi connectivity index (χ1n) is 17.1. The van der Waals surface area contributed by atoms with Gasteiger partial charge in [-0.1, -0.05) is 37.1 Å². The highest BCUT2D eigenvalue weighted by molar-refractivity contribution is 7.13. The van der Waals surface area contributed by atoms with Gasteiger partial charge in [-0.3, -0.25) is 28.9 Å². The van der Waals surface area contributed by atoms with Gasteiger partial charge in [-0.25, -0.2) is 4.98 Å². The Kier molecular flexibility index (Phi) is 8.99. The molecule has 2 aromatic carbocycles. The van der Waals surface area contributed by atoms with Crippen LogP contribution >= 0.6 is 11.3 Å². The summed E-state index contributed by atoms with van der Waals surface area (Å²) in [4.78, 5) is 78.0. The van der Waals surface area contributed by atoms with E-state index in [4.69, 9.17) is 4.74 Å². The molecule has 11 nitrogen and oxygen atoms in total. The summed E-state index contributed by atoms with van der Waals surface area (Å²) in [5.74, 6) is -1.47. The molecular formula is C37H41N5O6S. The molecule has 7 rings (SSSR count). The molecular weight excluding hydrogens is 643 g/mol. The van der Waals surface area contributed by atoms with E-state index in [-0.39, 0.29) is 30.4 Å². The molecule has 0 unspecified atom stereocenters. The van der Waals surface area contributed by atoms with Crippen LogP contribution in [-0.4, -0.2) is 88.6 Å². The topological polar surface area (TPSA) is 129 Å². The first-order valence-corrected chi connectivity index (χ1v) is 18.0. The molecule has 4 aliphatic rings. The third-order valence-electron chi connectivity index (χ3n) is 10.5. The molecule has 1 saturated heterocycles. The monoisotopic (exact) mass is 683 g/mol. The number of ether oxygens (including phenoxy) is 1. The van der Waals surface area contributed by atoms with Crippen LogP contribution in [0.4, 0.5) is 0 Å². The smallest absolute Gasteiger partial charge is 0.265 e. The van der Waals surface area contributed by atoms with Crippen LogP contribution in [0.3, 0.4) is 0 Å². The van der Waals surface area contributed by atoms with Crippen molar-refractivity contribution in [2.75, 3.05) is 33.2 Å². The maximum absolute atomic E-state index is 14.6. The van der Waals surface area contributed by atoms with E-state index >= 15 is 0 Å². The summed E-state index contributed by atoms with van der Waals surface area (Å²) < 4.78 is 6.69. The first-order chi connectivity index (χ1) is 23.7. The molecule has 5 amide bonds. The van der Waals surface area contributed by atoms with Crippen LogP contribution in [0, 0.1) is 25.7 Å². The summed E-state index contributed by atoms with van der Waals surface area (Å²) in [6, 6.07) is 11.9. The Balaban J connectivity index is 1.21. The van der Waals surface area contributed by atoms with E-state index in [9.17, 15) is 24.0 Å². The summed E-state index contributed by atoms with van der Waals surface area (Å²) in [6.45, 7) is 5.04. The summed E-state index contributed by atoms with van der Waals surface area (Å²) in [5.41, 5.74) is 3.17. The highest BCUT2D eigenvalue weighted by atomic mass is 32.1. The Labute approximate surface area is 289 Å². The summed E-state index contributed by atoms with van der Waals surface area (Å²) in [5, 5.41) is 3.60. The number of fused-ring (bicyclic) bond motifs is 2. The Bertz CT molecular complexity index is 1800. The van der Waals surface area contributed by atoms with Crippen molar-refractivity contribution in [3.63, 3.8) is 0 Å². The minimum Gasteiger partial charge on any atom is -0.488 e. The number of aryl methyl sites for hydroxylation is 2. The summed E-state index contributed by atoms with van der Waals surface area (Å²) in [7, 11) is 1.60. The number of imide groups is 1. The second kappa shape index (κ2) is 13.4. The Morgan fingerprint density at radius 3 is 2.33 bits per heavy atom. The van der Waals surface area contributed by atoms with E-state index in [1.54, 1.807) is 41.1 Å². The van der Waals surface area contributed by atoms with Crippen LogP contribution in [0.1, 0.15) is 90.4 Å². The number of hydrogen-bond acceptors (Lipinski definition) is 8. The molecule has 2 fully saturated rings. The number of nitrogens with zero attached hydrogens (tertiary/aromatic N) is 4. The molecule has 0 radical (unpaired) electrons. The van der Waals surface area contributed by atoms with Crippen molar-refractivity contribution in [3.8, 4) is 5.75 Å². The fourth-order valence-corrected chi connectivity index (χ4v) is 8.96. The fraction of sp³-hybridized carbons (Fsp3) is 0.459. The van der Waals surface area contributed by atoms with Crippen molar-refractivity contribution >= 4 is 40.9 Å². The molecule has 0 bridgehead atoms. The number of amides is 5. The number of rotatable bonds is 7. The molecule has 256 valence electrons. The number of aromatic nitrogens is 1. The lowest BCUT2D eigenvalue weighted by molar-refractivity contribution is -0.146. The lowest BCUT2D eigenvalue weighted by atomic mass is 9.77. The van der Waals surface area contributed by atoms with Gasteiger partial charge in [0.2, 0.25) is 11.8 Å². The molecule has 1 N–H and O–H groups in total. The van der Waals surface area contributed by atoms with Gasteiger partial charge in [0.1, 0.15) is 16.7 Å². The van der Waals surface area contributed by atoms with Crippen LogP contribution in [-0.2, 0) is 16.0 Å². The average molecular weight is 684 g/mol. The lowest BCUT2D eigenvalue weighted by Crippen LogP contribution is -2.51. The first kappa shape index (κ1) is 32.9. The van der Waals surface area contributed by atoms with E-state index in [1.165, 1.54) is 16.2 Å². The second-order valence-corrected chi connectivity index (χ2v) is 14.6. The highest BCUT2D eigenvalue weighted by Gasteiger charge is 2.45. The minimum absolute atomic E-state index is 0.0396. The van der Waals surface area contributed by atoms with Crippen LogP contribution in [0.2, 0.25) is 0 Å². The van der Waals surface area contributed by atoms with Crippen LogP contribution < -0.4 is 10.1 Å². The minimum atomic E-state index is -0.677. The van der Waals surface area contributed by atoms with Crippen molar-refractivity contribution < 1.29 is 28.7 Å². The third-order valence-corrected chi connectivity index (χ3v) is 11.6. The van der Waals surface area contributed by atoms with E-state index in [0.29, 0.717) is 67.1 Å². The van der Waals surface area contributed by atoms with Crippen molar-refractivity contribution in [1.82, 2.24) is 25.0 Å². The van der Waals surface area contributed by atoms with Gasteiger partial charge in [-0.2, -0.15) is 0 Å². The number of likely N-dealkylation sites (tertiary alicyclic amines) is 1. The summed E-state index contributed by atoms with van der Waals surface area (Å²) >= 11 is 1.40.